The van der Waals surface area contributed by atoms with Crippen molar-refractivity contribution in [3.8, 4) is 0 Å². The summed E-state index contributed by atoms with van der Waals surface area (Å²) in [5.74, 6) is 0.635. The molecule has 2 fully saturated rings. The van der Waals surface area contributed by atoms with Gasteiger partial charge in [-0.05, 0) is 50.0 Å². The van der Waals surface area contributed by atoms with Crippen LogP contribution in [-0.4, -0.2) is 24.7 Å². The number of ether oxygens (including phenoxy) is 1. The summed E-state index contributed by atoms with van der Waals surface area (Å²) in [5, 5.41) is 3.27. The molecule has 0 spiro atoms. The van der Waals surface area contributed by atoms with Crippen LogP contribution in [-0.2, 0) is 9.53 Å². The summed E-state index contributed by atoms with van der Waals surface area (Å²) < 4.78 is 5.74. The van der Waals surface area contributed by atoms with Crippen LogP contribution in [0.25, 0.3) is 0 Å². The summed E-state index contributed by atoms with van der Waals surface area (Å²) in [6.45, 7) is 7.78. The smallest absolute Gasteiger partial charge is 0.323 e. The van der Waals surface area contributed by atoms with Gasteiger partial charge in [0.1, 0.15) is 12.1 Å². The van der Waals surface area contributed by atoms with E-state index in [0.29, 0.717) is 11.3 Å². The molecule has 1 aliphatic carbocycles. The van der Waals surface area contributed by atoms with E-state index in [4.69, 9.17) is 4.74 Å². The Hall–Kier alpha value is -0.570. The Labute approximate surface area is 111 Å². The van der Waals surface area contributed by atoms with E-state index in [-0.39, 0.29) is 18.1 Å². The van der Waals surface area contributed by atoms with Crippen LogP contribution in [0.5, 0.6) is 0 Å². The van der Waals surface area contributed by atoms with Gasteiger partial charge in [-0.25, -0.2) is 0 Å². The van der Waals surface area contributed by atoms with Crippen LogP contribution in [0.1, 0.15) is 59.3 Å². The Bertz CT molecular complexity index is 295. The van der Waals surface area contributed by atoms with Gasteiger partial charge in [-0.1, -0.05) is 27.2 Å². The summed E-state index contributed by atoms with van der Waals surface area (Å²) >= 11 is 0. The Kier molecular flexibility index (Phi) is 4.31. The van der Waals surface area contributed by atoms with Crippen LogP contribution in [0.15, 0.2) is 0 Å². The highest BCUT2D eigenvalue weighted by Gasteiger charge is 2.35. The van der Waals surface area contributed by atoms with E-state index in [0.717, 1.165) is 32.2 Å². The van der Waals surface area contributed by atoms with Gasteiger partial charge in [-0.3, -0.25) is 4.79 Å². The number of carbonyl (C=O) groups excluding carboxylic acids is 1. The molecule has 18 heavy (non-hydrogen) atoms. The highest BCUT2D eigenvalue weighted by Crippen LogP contribution is 2.39. The van der Waals surface area contributed by atoms with Gasteiger partial charge in [0.25, 0.3) is 0 Å². The third kappa shape index (κ3) is 3.71. The molecule has 1 saturated heterocycles. The van der Waals surface area contributed by atoms with Gasteiger partial charge < -0.3 is 10.1 Å². The third-order valence-corrected chi connectivity index (χ3v) is 4.22. The first kappa shape index (κ1) is 13.9. The normalized spacial score (nSPS) is 36.1. The van der Waals surface area contributed by atoms with Gasteiger partial charge in [-0.2, -0.15) is 0 Å². The fraction of sp³-hybridized carbons (Fsp3) is 0.933. The zero-order chi connectivity index (χ0) is 13.2. The lowest BCUT2D eigenvalue weighted by molar-refractivity contribution is -0.156. The molecule has 1 heterocycles. The molecule has 0 amide bonds. The molecular weight excluding hydrogens is 226 g/mol. The van der Waals surface area contributed by atoms with Gasteiger partial charge in [0.05, 0.1) is 0 Å². The van der Waals surface area contributed by atoms with Gasteiger partial charge in [0.2, 0.25) is 0 Å². The lowest BCUT2D eigenvalue weighted by atomic mass is 9.71. The van der Waals surface area contributed by atoms with Crippen molar-refractivity contribution in [1.29, 1.82) is 0 Å². The molecule has 0 aromatic carbocycles. The summed E-state index contributed by atoms with van der Waals surface area (Å²) in [4.78, 5) is 12.1. The second kappa shape index (κ2) is 5.60. The summed E-state index contributed by atoms with van der Waals surface area (Å²) in [6, 6.07) is -0.0564. The molecule has 3 unspecified atom stereocenters. The highest BCUT2D eigenvalue weighted by atomic mass is 16.5. The number of piperidine rings is 1. The van der Waals surface area contributed by atoms with Crippen LogP contribution in [0.2, 0.25) is 0 Å². The molecule has 3 heteroatoms. The number of nitrogens with one attached hydrogen (secondary N) is 1. The summed E-state index contributed by atoms with van der Waals surface area (Å²) in [5.41, 5.74) is 0.308. The minimum Gasteiger partial charge on any atom is -0.461 e. The van der Waals surface area contributed by atoms with Gasteiger partial charge in [0.15, 0.2) is 0 Å². The number of carbonyl (C=O) groups is 1. The molecular formula is C15H27NO2. The van der Waals surface area contributed by atoms with Crippen molar-refractivity contribution in [1.82, 2.24) is 5.32 Å². The molecule has 104 valence electrons. The molecule has 3 nitrogen and oxygen atoms in total. The highest BCUT2D eigenvalue weighted by molar-refractivity contribution is 5.76. The Morgan fingerprint density at radius 2 is 2.06 bits per heavy atom. The topological polar surface area (TPSA) is 38.3 Å². The molecule has 1 saturated carbocycles. The number of esters is 1. The standard InChI is InChI=1S/C15H27NO2/c1-11-8-12(10-15(2,3)9-11)18-14(17)13-6-4-5-7-16-13/h11-13,16H,4-10H2,1-3H3. The van der Waals surface area contributed by atoms with Crippen molar-refractivity contribution in [2.24, 2.45) is 11.3 Å². The maximum atomic E-state index is 12.1. The molecule has 1 aliphatic heterocycles. The molecule has 3 atom stereocenters. The van der Waals surface area contributed by atoms with Crippen molar-refractivity contribution < 1.29 is 9.53 Å². The van der Waals surface area contributed by atoms with Crippen LogP contribution in [0, 0.1) is 11.3 Å². The fourth-order valence-electron chi connectivity index (χ4n) is 3.65. The van der Waals surface area contributed by atoms with Crippen LogP contribution < -0.4 is 5.32 Å². The first-order valence-corrected chi connectivity index (χ1v) is 7.40. The Morgan fingerprint density at radius 3 is 2.67 bits per heavy atom. The van der Waals surface area contributed by atoms with E-state index in [1.54, 1.807) is 0 Å². The summed E-state index contributed by atoms with van der Waals surface area (Å²) in [7, 11) is 0. The fourth-order valence-corrected chi connectivity index (χ4v) is 3.65. The summed E-state index contributed by atoms with van der Waals surface area (Å²) in [6.07, 6.45) is 6.65. The average molecular weight is 253 g/mol. The average Bonchev–Trinajstić information content (AvgIpc) is 2.27. The van der Waals surface area contributed by atoms with E-state index in [1.165, 1.54) is 12.8 Å². The Balaban J connectivity index is 1.86. The minimum absolute atomic E-state index is 0.0235. The van der Waals surface area contributed by atoms with E-state index < -0.39 is 0 Å². The molecule has 0 aromatic heterocycles. The molecule has 0 bridgehead atoms. The van der Waals surface area contributed by atoms with Crippen LogP contribution in [0.4, 0.5) is 0 Å². The molecule has 0 radical (unpaired) electrons. The largest absolute Gasteiger partial charge is 0.461 e. The van der Waals surface area contributed by atoms with Gasteiger partial charge in [-0.15, -0.1) is 0 Å². The lowest BCUT2D eigenvalue weighted by Gasteiger charge is -2.39. The van der Waals surface area contributed by atoms with Crippen LogP contribution in [0.3, 0.4) is 0 Å². The zero-order valence-corrected chi connectivity index (χ0v) is 12.0. The SMILES string of the molecule is CC1CC(OC(=O)C2CCCCN2)CC(C)(C)C1. The number of hydrogen-bond acceptors (Lipinski definition) is 3. The van der Waals surface area contributed by atoms with E-state index >= 15 is 0 Å². The zero-order valence-electron chi connectivity index (χ0n) is 12.0. The quantitative estimate of drug-likeness (QED) is 0.769. The lowest BCUT2D eigenvalue weighted by Crippen LogP contribution is -2.44. The van der Waals surface area contributed by atoms with E-state index in [1.807, 2.05) is 0 Å². The predicted octanol–water partition coefficient (Wildman–Crippen LogP) is 2.89. The molecule has 2 aliphatic rings. The van der Waals surface area contributed by atoms with Crippen molar-refractivity contribution in [2.75, 3.05) is 6.54 Å². The van der Waals surface area contributed by atoms with Gasteiger partial charge >= 0.3 is 5.97 Å². The molecule has 2 rings (SSSR count). The van der Waals surface area contributed by atoms with Gasteiger partial charge in [0, 0.05) is 0 Å². The van der Waals surface area contributed by atoms with Crippen LogP contribution >= 0.6 is 0 Å². The monoisotopic (exact) mass is 253 g/mol. The number of rotatable bonds is 2. The maximum Gasteiger partial charge on any atom is 0.323 e. The third-order valence-electron chi connectivity index (χ3n) is 4.22. The second-order valence-corrected chi connectivity index (χ2v) is 6.97. The first-order chi connectivity index (χ1) is 8.46. The predicted molar refractivity (Wildman–Crippen MR) is 72.3 cm³/mol. The molecule has 1 N–H and O–H groups in total. The van der Waals surface area contributed by atoms with Crippen molar-refractivity contribution in [3.63, 3.8) is 0 Å². The second-order valence-electron chi connectivity index (χ2n) is 6.97. The minimum atomic E-state index is -0.0564. The number of hydrogen-bond donors (Lipinski definition) is 1. The maximum absolute atomic E-state index is 12.1. The van der Waals surface area contributed by atoms with E-state index in [9.17, 15) is 4.79 Å². The first-order valence-electron chi connectivity index (χ1n) is 7.40. The Morgan fingerprint density at radius 1 is 1.28 bits per heavy atom. The van der Waals surface area contributed by atoms with Crippen molar-refractivity contribution in [3.05, 3.63) is 0 Å². The molecule has 0 aromatic rings. The van der Waals surface area contributed by atoms with Crippen molar-refractivity contribution in [2.45, 2.75) is 71.4 Å². The van der Waals surface area contributed by atoms with E-state index in [2.05, 4.69) is 26.1 Å². The van der Waals surface area contributed by atoms with Crippen molar-refractivity contribution >= 4 is 5.97 Å².